The van der Waals surface area contributed by atoms with Crippen LogP contribution in [-0.4, -0.2) is 22.4 Å². The van der Waals surface area contributed by atoms with Crippen molar-refractivity contribution in [2.45, 2.75) is 19.3 Å². The van der Waals surface area contributed by atoms with E-state index in [2.05, 4.69) is 15.3 Å². The number of nitrogens with one attached hydrogen (secondary N) is 2. The predicted octanol–water partition coefficient (Wildman–Crippen LogP) is 2.30. The number of aromatic amines is 1. The van der Waals surface area contributed by atoms with Gasteiger partial charge in [0.1, 0.15) is 0 Å². The number of halogens is 1. The summed E-state index contributed by atoms with van der Waals surface area (Å²) < 4.78 is 0. The van der Waals surface area contributed by atoms with Gasteiger partial charge in [0.05, 0.1) is 11.0 Å². The first-order chi connectivity index (χ1) is 9.28. The van der Waals surface area contributed by atoms with Gasteiger partial charge in [-0.2, -0.15) is 0 Å². The first-order valence-corrected chi connectivity index (χ1v) is 6.73. The third-order valence-electron chi connectivity index (χ3n) is 3.93. The Balaban J connectivity index is 0.00000147. The van der Waals surface area contributed by atoms with Gasteiger partial charge in [0.25, 0.3) is 0 Å². The average Bonchev–Trinajstić information content (AvgIpc) is 3.03. The molecule has 1 fully saturated rings. The molecule has 1 amide bonds. The lowest BCUT2D eigenvalue weighted by molar-refractivity contribution is -0.120. The Hall–Kier alpha value is -1.59. The van der Waals surface area contributed by atoms with Crippen LogP contribution in [0, 0.1) is 11.8 Å². The number of anilines is 1. The molecule has 0 bridgehead atoms. The van der Waals surface area contributed by atoms with Crippen molar-refractivity contribution < 1.29 is 4.79 Å². The van der Waals surface area contributed by atoms with E-state index in [9.17, 15) is 4.79 Å². The maximum atomic E-state index is 12.2. The Kier molecular flexibility index (Phi) is 4.62. The molecule has 5 nitrogen and oxygen atoms in total. The minimum Gasteiger partial charge on any atom is -0.330 e. The lowest BCUT2D eigenvalue weighted by atomic mass is 9.95. The zero-order valence-corrected chi connectivity index (χ0v) is 12.0. The minimum absolute atomic E-state index is 0. The number of aromatic nitrogens is 2. The Bertz CT molecular complexity index is 565. The standard InChI is InChI=1S/C14H18N4O.ClH/c15-8-9-4-3-5-10(9)13(19)18-14-16-11-6-1-2-7-12(11)17-14;/h1-2,6-7,9-10H,3-5,8,15H2,(H2,16,17,18,19);1H/t9-,10-;/m1./s1. The summed E-state index contributed by atoms with van der Waals surface area (Å²) in [5.74, 6) is 0.892. The number of para-hydroxylation sites is 2. The number of fused-ring (bicyclic) bond motifs is 1. The van der Waals surface area contributed by atoms with Crippen LogP contribution in [0.4, 0.5) is 5.95 Å². The molecule has 20 heavy (non-hydrogen) atoms. The van der Waals surface area contributed by atoms with Crippen molar-refractivity contribution >= 4 is 35.3 Å². The third kappa shape index (κ3) is 2.78. The fourth-order valence-electron chi connectivity index (χ4n) is 2.89. The predicted molar refractivity (Wildman–Crippen MR) is 81.9 cm³/mol. The molecule has 2 aromatic rings. The zero-order chi connectivity index (χ0) is 13.2. The summed E-state index contributed by atoms with van der Waals surface area (Å²) >= 11 is 0. The number of nitrogens with zero attached hydrogens (tertiary/aromatic N) is 1. The van der Waals surface area contributed by atoms with Crippen molar-refractivity contribution in [1.82, 2.24) is 9.97 Å². The lowest BCUT2D eigenvalue weighted by Gasteiger charge is -2.16. The Morgan fingerprint density at radius 1 is 1.40 bits per heavy atom. The monoisotopic (exact) mass is 294 g/mol. The molecule has 1 aromatic carbocycles. The fraction of sp³-hybridized carbons (Fsp3) is 0.429. The lowest BCUT2D eigenvalue weighted by Crippen LogP contribution is -2.30. The number of benzene rings is 1. The zero-order valence-electron chi connectivity index (χ0n) is 11.1. The van der Waals surface area contributed by atoms with E-state index in [4.69, 9.17) is 5.73 Å². The Morgan fingerprint density at radius 3 is 2.95 bits per heavy atom. The van der Waals surface area contributed by atoms with Crippen molar-refractivity contribution in [2.24, 2.45) is 17.6 Å². The van der Waals surface area contributed by atoms with Gasteiger partial charge < -0.3 is 10.7 Å². The highest BCUT2D eigenvalue weighted by Gasteiger charge is 2.32. The summed E-state index contributed by atoms with van der Waals surface area (Å²) in [5, 5.41) is 2.88. The van der Waals surface area contributed by atoms with Crippen molar-refractivity contribution in [3.63, 3.8) is 0 Å². The number of nitrogens with two attached hydrogens (primary N) is 1. The van der Waals surface area contributed by atoms with Gasteiger partial charge in [0, 0.05) is 5.92 Å². The molecule has 1 heterocycles. The van der Waals surface area contributed by atoms with Gasteiger partial charge in [-0.1, -0.05) is 18.6 Å². The van der Waals surface area contributed by atoms with Gasteiger partial charge in [-0.25, -0.2) is 4.98 Å². The molecule has 1 saturated carbocycles. The second-order valence-corrected chi connectivity index (χ2v) is 5.12. The molecule has 0 saturated heterocycles. The van der Waals surface area contributed by atoms with Crippen LogP contribution in [0.5, 0.6) is 0 Å². The van der Waals surface area contributed by atoms with Crippen LogP contribution in [0.3, 0.4) is 0 Å². The van der Waals surface area contributed by atoms with Crippen molar-refractivity contribution in [3.8, 4) is 0 Å². The average molecular weight is 295 g/mol. The van der Waals surface area contributed by atoms with E-state index in [0.29, 0.717) is 18.4 Å². The highest BCUT2D eigenvalue weighted by atomic mass is 35.5. The molecule has 2 atom stereocenters. The van der Waals surface area contributed by atoms with E-state index < -0.39 is 0 Å². The van der Waals surface area contributed by atoms with Crippen LogP contribution < -0.4 is 11.1 Å². The normalized spacial score (nSPS) is 21.6. The second kappa shape index (κ2) is 6.24. The van der Waals surface area contributed by atoms with Crippen LogP contribution >= 0.6 is 12.4 Å². The second-order valence-electron chi connectivity index (χ2n) is 5.12. The number of carbonyl (C=O) groups excluding carboxylic acids is 1. The SMILES string of the molecule is Cl.NC[C@H]1CCC[C@H]1C(=O)Nc1nc2ccccc2[nH]1. The molecule has 0 radical (unpaired) electrons. The summed E-state index contributed by atoms with van der Waals surface area (Å²) in [6, 6.07) is 7.72. The van der Waals surface area contributed by atoms with Gasteiger partial charge >= 0.3 is 0 Å². The van der Waals surface area contributed by atoms with Crippen LogP contribution in [0.1, 0.15) is 19.3 Å². The van der Waals surface area contributed by atoms with Crippen molar-refractivity contribution in [2.75, 3.05) is 11.9 Å². The van der Waals surface area contributed by atoms with Gasteiger partial charge in [0.15, 0.2) is 0 Å². The first kappa shape index (κ1) is 14.8. The maximum Gasteiger partial charge on any atom is 0.230 e. The van der Waals surface area contributed by atoms with Crippen LogP contribution in [0.15, 0.2) is 24.3 Å². The summed E-state index contributed by atoms with van der Waals surface area (Å²) in [6.45, 7) is 0.582. The molecule has 0 unspecified atom stereocenters. The molecular weight excluding hydrogens is 276 g/mol. The van der Waals surface area contributed by atoms with Crippen molar-refractivity contribution in [1.29, 1.82) is 0 Å². The van der Waals surface area contributed by atoms with Gasteiger partial charge in [-0.05, 0) is 37.4 Å². The number of hydrogen-bond donors (Lipinski definition) is 3. The molecule has 1 aliphatic carbocycles. The number of H-pyrrole nitrogens is 1. The molecule has 6 heteroatoms. The minimum atomic E-state index is 0. The van der Waals surface area contributed by atoms with E-state index in [1.165, 1.54) is 0 Å². The van der Waals surface area contributed by atoms with Gasteiger partial charge in [0.2, 0.25) is 11.9 Å². The largest absolute Gasteiger partial charge is 0.330 e. The molecule has 3 rings (SSSR count). The van der Waals surface area contributed by atoms with E-state index in [0.717, 1.165) is 30.3 Å². The van der Waals surface area contributed by atoms with E-state index in [1.54, 1.807) is 0 Å². The number of carbonyl (C=O) groups is 1. The molecular formula is C14H19ClN4O. The number of hydrogen-bond acceptors (Lipinski definition) is 3. The quantitative estimate of drug-likeness (QED) is 0.812. The Labute approximate surface area is 123 Å². The summed E-state index contributed by atoms with van der Waals surface area (Å²) in [5.41, 5.74) is 7.50. The summed E-state index contributed by atoms with van der Waals surface area (Å²) in [6.07, 6.45) is 3.06. The number of rotatable bonds is 3. The molecule has 0 spiro atoms. The van der Waals surface area contributed by atoms with Crippen LogP contribution in [0.25, 0.3) is 11.0 Å². The summed E-state index contributed by atoms with van der Waals surface area (Å²) in [4.78, 5) is 19.7. The highest BCUT2D eigenvalue weighted by Crippen LogP contribution is 2.31. The molecule has 1 aliphatic rings. The molecule has 4 N–H and O–H groups in total. The van der Waals surface area contributed by atoms with Gasteiger partial charge in [-0.3, -0.25) is 10.1 Å². The molecule has 1 aromatic heterocycles. The molecule has 0 aliphatic heterocycles. The first-order valence-electron chi connectivity index (χ1n) is 6.73. The van der Waals surface area contributed by atoms with Gasteiger partial charge in [-0.15, -0.1) is 12.4 Å². The maximum absolute atomic E-state index is 12.2. The van der Waals surface area contributed by atoms with Crippen LogP contribution in [-0.2, 0) is 4.79 Å². The number of imidazole rings is 1. The fourth-order valence-corrected chi connectivity index (χ4v) is 2.89. The third-order valence-corrected chi connectivity index (χ3v) is 3.93. The summed E-state index contributed by atoms with van der Waals surface area (Å²) in [7, 11) is 0. The van der Waals surface area contributed by atoms with Crippen LogP contribution in [0.2, 0.25) is 0 Å². The Morgan fingerprint density at radius 2 is 2.20 bits per heavy atom. The number of amides is 1. The highest BCUT2D eigenvalue weighted by molar-refractivity contribution is 5.93. The van der Waals surface area contributed by atoms with Crippen molar-refractivity contribution in [3.05, 3.63) is 24.3 Å². The molecule has 108 valence electrons. The van der Waals surface area contributed by atoms with E-state index in [-0.39, 0.29) is 24.2 Å². The van der Waals surface area contributed by atoms with E-state index >= 15 is 0 Å². The van der Waals surface area contributed by atoms with E-state index in [1.807, 2.05) is 24.3 Å². The topological polar surface area (TPSA) is 83.8 Å². The smallest absolute Gasteiger partial charge is 0.230 e.